The number of hydrogen-bond donors (Lipinski definition) is 2. The number of sulfonamides is 1. The van der Waals surface area contributed by atoms with Crippen LogP contribution in [0.3, 0.4) is 0 Å². The maximum Gasteiger partial charge on any atom is 0.263 e. The van der Waals surface area contributed by atoms with Gasteiger partial charge in [0.15, 0.2) is 5.82 Å². The van der Waals surface area contributed by atoms with Crippen molar-refractivity contribution in [3.63, 3.8) is 0 Å². The SMILES string of the molecule is Nc1ccc(S(=O)(=O)Nc2cnc3ccc4ccccc4c3n2)cc1. The van der Waals surface area contributed by atoms with E-state index in [1.54, 1.807) is 0 Å². The maximum atomic E-state index is 12.5. The molecule has 0 spiro atoms. The Kier molecular flexibility index (Phi) is 3.51. The quantitative estimate of drug-likeness (QED) is 0.437. The number of nitrogen functional groups attached to an aromatic ring is 1. The zero-order valence-electron chi connectivity index (χ0n) is 13.0. The summed E-state index contributed by atoms with van der Waals surface area (Å²) >= 11 is 0. The molecule has 3 N–H and O–H groups in total. The second-order valence-electron chi connectivity index (χ2n) is 5.58. The number of aromatic nitrogens is 2. The normalized spacial score (nSPS) is 11.7. The van der Waals surface area contributed by atoms with Crippen LogP contribution < -0.4 is 10.5 Å². The number of hydrogen-bond acceptors (Lipinski definition) is 5. The van der Waals surface area contributed by atoms with Crippen LogP contribution in [-0.2, 0) is 10.0 Å². The van der Waals surface area contributed by atoms with Crippen molar-refractivity contribution in [2.75, 3.05) is 10.5 Å². The van der Waals surface area contributed by atoms with Crippen molar-refractivity contribution in [2.45, 2.75) is 4.90 Å². The van der Waals surface area contributed by atoms with Crippen LogP contribution in [0.15, 0.2) is 71.8 Å². The summed E-state index contributed by atoms with van der Waals surface area (Å²) in [7, 11) is -3.76. The van der Waals surface area contributed by atoms with Gasteiger partial charge in [0.05, 0.1) is 22.1 Å². The van der Waals surface area contributed by atoms with Crippen LogP contribution in [0.25, 0.3) is 21.8 Å². The minimum Gasteiger partial charge on any atom is -0.399 e. The first-order valence-corrected chi connectivity index (χ1v) is 9.04. The van der Waals surface area contributed by atoms with Gasteiger partial charge in [-0.25, -0.2) is 13.4 Å². The highest BCUT2D eigenvalue weighted by Gasteiger charge is 2.15. The van der Waals surface area contributed by atoms with E-state index in [9.17, 15) is 8.42 Å². The van der Waals surface area contributed by atoms with E-state index in [1.165, 1.54) is 30.5 Å². The molecule has 7 heteroatoms. The van der Waals surface area contributed by atoms with Crippen LogP contribution in [0, 0.1) is 0 Å². The fourth-order valence-corrected chi connectivity index (χ4v) is 3.62. The number of fused-ring (bicyclic) bond motifs is 3. The summed E-state index contributed by atoms with van der Waals surface area (Å²) in [4.78, 5) is 8.88. The van der Waals surface area contributed by atoms with Crippen LogP contribution in [0.1, 0.15) is 0 Å². The molecule has 1 heterocycles. The molecule has 4 aromatic rings. The number of benzene rings is 3. The van der Waals surface area contributed by atoms with Crippen LogP contribution in [0.5, 0.6) is 0 Å². The molecule has 0 bridgehead atoms. The minimum absolute atomic E-state index is 0.113. The van der Waals surface area contributed by atoms with Crippen LogP contribution in [0.2, 0.25) is 0 Å². The number of anilines is 2. The molecule has 0 atom stereocenters. The van der Waals surface area contributed by atoms with Gasteiger partial charge in [-0.15, -0.1) is 0 Å². The average molecular weight is 350 g/mol. The Balaban J connectivity index is 1.79. The Morgan fingerprint density at radius 2 is 1.68 bits per heavy atom. The molecule has 4 rings (SSSR count). The molecular weight excluding hydrogens is 336 g/mol. The first-order chi connectivity index (χ1) is 12.0. The van der Waals surface area contributed by atoms with Gasteiger partial charge in [-0.3, -0.25) is 9.71 Å². The van der Waals surface area contributed by atoms with E-state index in [0.29, 0.717) is 16.7 Å². The fraction of sp³-hybridized carbons (Fsp3) is 0. The largest absolute Gasteiger partial charge is 0.399 e. The first-order valence-electron chi connectivity index (χ1n) is 7.56. The van der Waals surface area contributed by atoms with Crippen LogP contribution >= 0.6 is 0 Å². The monoisotopic (exact) mass is 350 g/mol. The first kappa shape index (κ1) is 15.3. The summed E-state index contributed by atoms with van der Waals surface area (Å²) in [6, 6.07) is 17.6. The summed E-state index contributed by atoms with van der Waals surface area (Å²) in [6.45, 7) is 0. The molecule has 0 aliphatic heterocycles. The molecule has 0 saturated carbocycles. The van der Waals surface area contributed by atoms with Crippen molar-refractivity contribution in [3.05, 3.63) is 66.9 Å². The lowest BCUT2D eigenvalue weighted by molar-refractivity contribution is 0.601. The van der Waals surface area contributed by atoms with E-state index in [2.05, 4.69) is 14.7 Å². The molecule has 124 valence electrons. The Hall–Kier alpha value is -3.19. The third-order valence-corrected chi connectivity index (χ3v) is 5.24. The zero-order valence-corrected chi connectivity index (χ0v) is 13.9. The maximum absolute atomic E-state index is 12.5. The van der Waals surface area contributed by atoms with E-state index >= 15 is 0 Å². The fourth-order valence-electron chi connectivity index (χ4n) is 2.64. The second-order valence-corrected chi connectivity index (χ2v) is 7.27. The Morgan fingerprint density at radius 1 is 0.920 bits per heavy atom. The summed E-state index contributed by atoms with van der Waals surface area (Å²) in [5.74, 6) is 0.167. The summed E-state index contributed by atoms with van der Waals surface area (Å²) in [6.07, 6.45) is 1.41. The van der Waals surface area contributed by atoms with Crippen LogP contribution in [0.4, 0.5) is 11.5 Å². The topological polar surface area (TPSA) is 98.0 Å². The molecule has 0 aliphatic rings. The predicted molar refractivity (Wildman–Crippen MR) is 98.7 cm³/mol. The number of nitrogens with zero attached hydrogens (tertiary/aromatic N) is 2. The van der Waals surface area contributed by atoms with E-state index in [1.807, 2.05) is 36.4 Å². The third kappa shape index (κ3) is 2.85. The third-order valence-electron chi connectivity index (χ3n) is 3.87. The Morgan fingerprint density at radius 3 is 2.48 bits per heavy atom. The minimum atomic E-state index is -3.76. The molecule has 0 aliphatic carbocycles. The van der Waals surface area contributed by atoms with Gasteiger partial charge in [0, 0.05) is 11.1 Å². The van der Waals surface area contributed by atoms with E-state index in [4.69, 9.17) is 5.73 Å². The highest BCUT2D eigenvalue weighted by Crippen LogP contribution is 2.24. The lowest BCUT2D eigenvalue weighted by atomic mass is 10.1. The summed E-state index contributed by atoms with van der Waals surface area (Å²) in [5.41, 5.74) is 7.45. The van der Waals surface area contributed by atoms with Gasteiger partial charge in [0.1, 0.15) is 0 Å². The van der Waals surface area contributed by atoms with Gasteiger partial charge >= 0.3 is 0 Å². The smallest absolute Gasteiger partial charge is 0.263 e. The predicted octanol–water partition coefficient (Wildman–Crippen LogP) is 3.17. The van der Waals surface area contributed by atoms with Crippen molar-refractivity contribution >= 4 is 43.3 Å². The highest BCUT2D eigenvalue weighted by molar-refractivity contribution is 7.92. The van der Waals surface area contributed by atoms with Crippen LogP contribution in [-0.4, -0.2) is 18.4 Å². The van der Waals surface area contributed by atoms with Crippen molar-refractivity contribution in [2.24, 2.45) is 0 Å². The molecule has 0 unspecified atom stereocenters. The molecule has 0 saturated heterocycles. The summed E-state index contributed by atoms with van der Waals surface area (Å²) < 4.78 is 27.5. The van der Waals surface area contributed by atoms with Gasteiger partial charge < -0.3 is 5.73 Å². The Labute approximate surface area is 144 Å². The standard InChI is InChI=1S/C18H14N4O2S/c19-13-6-8-14(9-7-13)25(23,24)22-17-11-20-16-10-5-12-3-1-2-4-15(12)18(16)21-17/h1-11H,19H2,(H,21,22). The molecule has 0 amide bonds. The van der Waals surface area contributed by atoms with Gasteiger partial charge in [-0.05, 0) is 35.7 Å². The molecule has 25 heavy (non-hydrogen) atoms. The molecule has 1 aromatic heterocycles. The average Bonchev–Trinajstić information content (AvgIpc) is 2.61. The molecular formula is C18H14N4O2S. The number of nitrogens with two attached hydrogens (primary N) is 1. The number of nitrogens with one attached hydrogen (secondary N) is 1. The molecule has 0 radical (unpaired) electrons. The molecule has 0 fully saturated rings. The number of rotatable bonds is 3. The van der Waals surface area contributed by atoms with Gasteiger partial charge in [0.2, 0.25) is 0 Å². The van der Waals surface area contributed by atoms with E-state index in [0.717, 1.165) is 10.8 Å². The van der Waals surface area contributed by atoms with Gasteiger partial charge in [-0.2, -0.15) is 0 Å². The lowest BCUT2D eigenvalue weighted by Crippen LogP contribution is -2.14. The zero-order chi connectivity index (χ0) is 17.4. The van der Waals surface area contributed by atoms with Crippen molar-refractivity contribution in [1.29, 1.82) is 0 Å². The highest BCUT2D eigenvalue weighted by atomic mass is 32.2. The van der Waals surface area contributed by atoms with Crippen molar-refractivity contribution in [1.82, 2.24) is 9.97 Å². The Bertz CT molecular complexity index is 1190. The van der Waals surface area contributed by atoms with Crippen molar-refractivity contribution < 1.29 is 8.42 Å². The second kappa shape index (κ2) is 5.71. The lowest BCUT2D eigenvalue weighted by Gasteiger charge is -2.09. The van der Waals surface area contributed by atoms with Crippen molar-refractivity contribution in [3.8, 4) is 0 Å². The molecule has 6 nitrogen and oxygen atoms in total. The van der Waals surface area contributed by atoms with E-state index < -0.39 is 10.0 Å². The van der Waals surface area contributed by atoms with Gasteiger partial charge in [-0.1, -0.05) is 30.3 Å². The molecule has 3 aromatic carbocycles. The van der Waals surface area contributed by atoms with E-state index in [-0.39, 0.29) is 10.7 Å². The summed E-state index contributed by atoms with van der Waals surface area (Å²) in [5, 5.41) is 1.93. The van der Waals surface area contributed by atoms with Gasteiger partial charge in [0.25, 0.3) is 10.0 Å².